The highest BCUT2D eigenvalue weighted by molar-refractivity contribution is 7.89. The van der Waals surface area contributed by atoms with Crippen molar-refractivity contribution in [1.29, 1.82) is 0 Å². The van der Waals surface area contributed by atoms with Gasteiger partial charge in [-0.05, 0) is 24.3 Å². The average molecular weight is 305 g/mol. The molecule has 0 bridgehead atoms. The van der Waals surface area contributed by atoms with E-state index in [1.54, 1.807) is 37.5 Å². The number of aromatic nitrogens is 1. The molecule has 0 saturated heterocycles. The van der Waals surface area contributed by atoms with Crippen molar-refractivity contribution in [3.05, 3.63) is 54.4 Å². The van der Waals surface area contributed by atoms with E-state index >= 15 is 0 Å². The molecule has 6 heteroatoms. The zero-order valence-corrected chi connectivity index (χ0v) is 13.0. The van der Waals surface area contributed by atoms with E-state index in [2.05, 4.69) is 10.3 Å². The first-order valence-corrected chi connectivity index (χ1v) is 8.20. The van der Waals surface area contributed by atoms with Gasteiger partial charge in [-0.25, -0.2) is 8.42 Å². The number of rotatable bonds is 6. The smallest absolute Gasteiger partial charge is 0.245 e. The lowest BCUT2D eigenvalue weighted by atomic mass is 10.3. The van der Waals surface area contributed by atoms with Gasteiger partial charge in [0.1, 0.15) is 4.90 Å². The molecule has 112 valence electrons. The third-order valence-electron chi connectivity index (χ3n) is 3.19. The Labute approximate surface area is 125 Å². The van der Waals surface area contributed by atoms with Crippen molar-refractivity contribution >= 4 is 15.7 Å². The molecule has 0 unspecified atom stereocenters. The third kappa shape index (κ3) is 3.40. The van der Waals surface area contributed by atoms with E-state index in [0.29, 0.717) is 12.2 Å². The Balaban J connectivity index is 2.36. The molecule has 1 heterocycles. The molecule has 5 nitrogen and oxygen atoms in total. The average Bonchev–Trinajstić information content (AvgIpc) is 2.53. The fraction of sp³-hybridized carbons (Fsp3) is 0.267. The summed E-state index contributed by atoms with van der Waals surface area (Å²) >= 11 is 0. The first kappa shape index (κ1) is 15.5. The van der Waals surface area contributed by atoms with Gasteiger partial charge in [0.15, 0.2) is 0 Å². The van der Waals surface area contributed by atoms with Crippen LogP contribution in [0.1, 0.15) is 12.6 Å². The summed E-state index contributed by atoms with van der Waals surface area (Å²) in [5, 5.41) is 2.92. The summed E-state index contributed by atoms with van der Waals surface area (Å²) in [5.41, 5.74) is 1.32. The molecular formula is C15H19N3O2S. The van der Waals surface area contributed by atoms with Gasteiger partial charge in [-0.1, -0.05) is 25.1 Å². The zero-order valence-electron chi connectivity index (χ0n) is 12.2. The normalized spacial score (nSPS) is 11.6. The maximum Gasteiger partial charge on any atom is 0.245 e. The van der Waals surface area contributed by atoms with Crippen LogP contribution in [0, 0.1) is 0 Å². The Kier molecular flexibility index (Phi) is 4.93. The maximum atomic E-state index is 12.8. The molecule has 1 aromatic carbocycles. The van der Waals surface area contributed by atoms with Crippen molar-refractivity contribution < 1.29 is 8.42 Å². The minimum atomic E-state index is -3.56. The van der Waals surface area contributed by atoms with Crippen LogP contribution in [0.25, 0.3) is 0 Å². The summed E-state index contributed by atoms with van der Waals surface area (Å²) in [6.45, 7) is 2.47. The fourth-order valence-electron chi connectivity index (χ4n) is 2.08. The minimum absolute atomic E-state index is 0.262. The molecule has 2 aromatic rings. The monoisotopic (exact) mass is 305 g/mol. The molecule has 1 aromatic heterocycles. The second-order valence-electron chi connectivity index (χ2n) is 4.50. The summed E-state index contributed by atoms with van der Waals surface area (Å²) in [4.78, 5) is 4.48. The molecule has 0 amide bonds. The number of pyridine rings is 1. The minimum Gasteiger partial charge on any atom is -0.387 e. The fourth-order valence-corrected chi connectivity index (χ4v) is 3.70. The third-order valence-corrected chi connectivity index (χ3v) is 5.17. The topological polar surface area (TPSA) is 62.3 Å². The van der Waals surface area contributed by atoms with Crippen molar-refractivity contribution in [3.63, 3.8) is 0 Å². The quantitative estimate of drug-likeness (QED) is 0.890. The Morgan fingerprint density at radius 3 is 2.48 bits per heavy atom. The van der Waals surface area contributed by atoms with Crippen LogP contribution in [0.15, 0.2) is 53.6 Å². The van der Waals surface area contributed by atoms with Crippen LogP contribution in [0.3, 0.4) is 0 Å². The molecule has 21 heavy (non-hydrogen) atoms. The Morgan fingerprint density at radius 1 is 1.14 bits per heavy atom. The van der Waals surface area contributed by atoms with Gasteiger partial charge < -0.3 is 5.32 Å². The van der Waals surface area contributed by atoms with E-state index in [1.165, 1.54) is 4.31 Å². The molecule has 0 aliphatic rings. The van der Waals surface area contributed by atoms with Gasteiger partial charge >= 0.3 is 0 Å². The zero-order chi connectivity index (χ0) is 15.3. The summed E-state index contributed by atoms with van der Waals surface area (Å²) in [6.07, 6.45) is 1.66. The number of sulfonamides is 1. The lowest BCUT2D eigenvalue weighted by Gasteiger charge is -2.21. The SMILES string of the molecule is CCN(Cc1ccccn1)S(=O)(=O)c1ccccc1NC. The predicted molar refractivity (Wildman–Crippen MR) is 83.5 cm³/mol. The summed E-state index contributed by atoms with van der Waals surface area (Å²) in [5.74, 6) is 0. The Bertz CT molecular complexity index is 687. The van der Waals surface area contributed by atoms with Crippen LogP contribution in [-0.4, -0.2) is 31.3 Å². The van der Waals surface area contributed by atoms with E-state index in [1.807, 2.05) is 25.1 Å². The van der Waals surface area contributed by atoms with Gasteiger partial charge in [-0.3, -0.25) is 4.98 Å². The molecule has 0 radical (unpaired) electrons. The van der Waals surface area contributed by atoms with Crippen molar-refractivity contribution in [1.82, 2.24) is 9.29 Å². The predicted octanol–water partition coefficient (Wildman–Crippen LogP) is 2.33. The van der Waals surface area contributed by atoms with Crippen LogP contribution >= 0.6 is 0 Å². The van der Waals surface area contributed by atoms with Gasteiger partial charge in [0, 0.05) is 19.8 Å². The molecule has 0 aliphatic carbocycles. The van der Waals surface area contributed by atoms with Crippen molar-refractivity contribution in [2.45, 2.75) is 18.4 Å². The van der Waals surface area contributed by atoms with E-state index in [-0.39, 0.29) is 11.4 Å². The number of nitrogens with zero attached hydrogens (tertiary/aromatic N) is 2. The van der Waals surface area contributed by atoms with E-state index < -0.39 is 10.0 Å². The highest BCUT2D eigenvalue weighted by Crippen LogP contribution is 2.24. The van der Waals surface area contributed by atoms with Crippen LogP contribution < -0.4 is 5.32 Å². The standard InChI is InChI=1S/C15H19N3O2S/c1-3-18(12-13-8-6-7-11-17-13)21(19,20)15-10-5-4-9-14(15)16-2/h4-11,16H,3,12H2,1-2H3. The van der Waals surface area contributed by atoms with E-state index in [4.69, 9.17) is 0 Å². The molecule has 0 fully saturated rings. The lowest BCUT2D eigenvalue weighted by Crippen LogP contribution is -2.31. The number of hydrogen-bond donors (Lipinski definition) is 1. The maximum absolute atomic E-state index is 12.8. The number of benzene rings is 1. The molecule has 0 saturated carbocycles. The van der Waals surface area contributed by atoms with Gasteiger partial charge in [-0.15, -0.1) is 0 Å². The second kappa shape index (κ2) is 6.69. The molecule has 0 spiro atoms. The van der Waals surface area contributed by atoms with Gasteiger partial charge in [0.05, 0.1) is 17.9 Å². The highest BCUT2D eigenvalue weighted by Gasteiger charge is 2.25. The van der Waals surface area contributed by atoms with Crippen molar-refractivity contribution in [2.75, 3.05) is 18.9 Å². The van der Waals surface area contributed by atoms with Crippen LogP contribution in [-0.2, 0) is 16.6 Å². The molecule has 0 aliphatic heterocycles. The first-order chi connectivity index (χ1) is 10.1. The Morgan fingerprint density at radius 2 is 1.86 bits per heavy atom. The molecule has 0 atom stereocenters. The number of para-hydroxylation sites is 1. The van der Waals surface area contributed by atoms with Gasteiger partial charge in [0.2, 0.25) is 10.0 Å². The molecule has 2 rings (SSSR count). The number of nitrogens with one attached hydrogen (secondary N) is 1. The lowest BCUT2D eigenvalue weighted by molar-refractivity contribution is 0.419. The van der Waals surface area contributed by atoms with Crippen LogP contribution in [0.4, 0.5) is 5.69 Å². The van der Waals surface area contributed by atoms with E-state index in [9.17, 15) is 8.42 Å². The van der Waals surface area contributed by atoms with Gasteiger partial charge in [-0.2, -0.15) is 4.31 Å². The Hall–Kier alpha value is -1.92. The van der Waals surface area contributed by atoms with E-state index in [0.717, 1.165) is 5.69 Å². The highest BCUT2D eigenvalue weighted by atomic mass is 32.2. The number of hydrogen-bond acceptors (Lipinski definition) is 4. The summed E-state index contributed by atoms with van der Waals surface area (Å²) < 4.78 is 27.0. The van der Waals surface area contributed by atoms with Crippen molar-refractivity contribution in [2.24, 2.45) is 0 Å². The molecular weight excluding hydrogens is 286 g/mol. The first-order valence-electron chi connectivity index (χ1n) is 6.76. The van der Waals surface area contributed by atoms with Crippen LogP contribution in [0.5, 0.6) is 0 Å². The summed E-state index contributed by atoms with van der Waals surface area (Å²) in [7, 11) is -1.85. The van der Waals surface area contributed by atoms with Crippen molar-refractivity contribution in [3.8, 4) is 0 Å². The second-order valence-corrected chi connectivity index (χ2v) is 6.40. The van der Waals surface area contributed by atoms with Crippen LogP contribution in [0.2, 0.25) is 0 Å². The largest absolute Gasteiger partial charge is 0.387 e. The molecule has 1 N–H and O–H groups in total. The summed E-state index contributed by atoms with van der Waals surface area (Å²) in [6, 6.07) is 12.4. The number of anilines is 1. The van der Waals surface area contributed by atoms with Gasteiger partial charge in [0.25, 0.3) is 0 Å².